The van der Waals surface area contributed by atoms with Crippen molar-refractivity contribution in [2.75, 3.05) is 33.7 Å². The van der Waals surface area contributed by atoms with Crippen molar-refractivity contribution in [3.63, 3.8) is 0 Å². The van der Waals surface area contributed by atoms with E-state index in [2.05, 4.69) is 62.1 Å². The van der Waals surface area contributed by atoms with Gasteiger partial charge in [-0.3, -0.25) is 0 Å². The molecule has 4 aromatic rings. The minimum atomic E-state index is 0. The van der Waals surface area contributed by atoms with E-state index in [1.165, 1.54) is 5.56 Å². The van der Waals surface area contributed by atoms with Crippen molar-refractivity contribution in [3.05, 3.63) is 147 Å². The normalized spacial score (nSPS) is 15.0. The zero-order valence-corrected chi connectivity index (χ0v) is 29.4. The van der Waals surface area contributed by atoms with Crippen molar-refractivity contribution in [1.82, 2.24) is 9.80 Å². The van der Waals surface area contributed by atoms with Gasteiger partial charge in [0.2, 0.25) is 0 Å². The number of phenols is 1. The van der Waals surface area contributed by atoms with E-state index in [0.717, 1.165) is 34.1 Å². The molecule has 0 aromatic heterocycles. The molecule has 243 valence electrons. The quantitative estimate of drug-likeness (QED) is 0.209. The first-order valence-electron chi connectivity index (χ1n) is 15.0. The van der Waals surface area contributed by atoms with E-state index in [4.69, 9.17) is 0 Å². The number of rotatable bonds is 4. The van der Waals surface area contributed by atoms with Gasteiger partial charge in [0.1, 0.15) is 5.75 Å². The minimum Gasteiger partial charge on any atom is -0.510 e. The molecule has 0 atom stereocenters. The molecular formula is C38H36IrN7O-5. The van der Waals surface area contributed by atoms with Gasteiger partial charge in [-0.05, 0) is 74.1 Å². The van der Waals surface area contributed by atoms with Crippen LogP contribution in [0.3, 0.4) is 0 Å². The van der Waals surface area contributed by atoms with Crippen molar-refractivity contribution < 1.29 is 25.2 Å². The molecule has 3 aliphatic heterocycles. The number of hydrogen-bond acceptors (Lipinski definition) is 8. The van der Waals surface area contributed by atoms with Gasteiger partial charge in [-0.2, -0.15) is 48.9 Å². The fourth-order valence-electron chi connectivity index (χ4n) is 5.28. The summed E-state index contributed by atoms with van der Waals surface area (Å²) >= 11 is 0. The van der Waals surface area contributed by atoms with Gasteiger partial charge in [0.25, 0.3) is 0 Å². The van der Waals surface area contributed by atoms with Gasteiger partial charge in [0, 0.05) is 31.5 Å². The minimum absolute atomic E-state index is 0. The first-order chi connectivity index (χ1) is 22.1. The maximum atomic E-state index is 10.6. The standard InChI is InChI=1S/C23H22N2O.C15H14N5.Ir/c1-23(2,3)17-13-14-22(26)21(15-17)25-16-24(18-9-5-4-6-10-18)19-11-7-8-12-20(19)25;1-17-3-5-19(11-17)14-7-13(10-16)8-15(9-14)20-6-4-18(2)12-20;/h4-9,11-16,26H,1-3H3;3-8,11-12H,1-2H3;/q-2;-3;. The summed E-state index contributed by atoms with van der Waals surface area (Å²) in [5.74, 6) is 0.267. The van der Waals surface area contributed by atoms with Crippen LogP contribution in [0.4, 0.5) is 34.1 Å². The van der Waals surface area contributed by atoms with Crippen LogP contribution in [0.5, 0.6) is 5.75 Å². The third-order valence-electron chi connectivity index (χ3n) is 7.75. The van der Waals surface area contributed by atoms with Crippen LogP contribution in [0.25, 0.3) is 0 Å². The molecule has 47 heavy (non-hydrogen) atoms. The molecule has 9 heteroatoms. The maximum Gasteiger partial charge on any atom is 0.136 e. The Labute approximate surface area is 292 Å². The van der Waals surface area contributed by atoms with Gasteiger partial charge < -0.3 is 34.5 Å². The molecule has 8 nitrogen and oxygen atoms in total. The average Bonchev–Trinajstić information content (AvgIpc) is 3.80. The summed E-state index contributed by atoms with van der Waals surface area (Å²) in [7, 11) is 3.91. The zero-order chi connectivity index (χ0) is 32.4. The molecule has 0 saturated carbocycles. The second-order valence-electron chi connectivity index (χ2n) is 12.3. The van der Waals surface area contributed by atoms with E-state index >= 15 is 0 Å². The summed E-state index contributed by atoms with van der Waals surface area (Å²) in [6.45, 7) is 12.4. The van der Waals surface area contributed by atoms with Crippen molar-refractivity contribution >= 4 is 34.1 Å². The van der Waals surface area contributed by atoms with Crippen LogP contribution in [0.15, 0.2) is 104 Å². The first kappa shape index (κ1) is 33.5. The third kappa shape index (κ3) is 7.25. The van der Waals surface area contributed by atoms with Crippen LogP contribution in [-0.4, -0.2) is 29.0 Å². The monoisotopic (exact) mass is 799 g/mol. The number of aromatic hydroxyl groups is 1. The maximum absolute atomic E-state index is 10.6. The number of nitrogens with zero attached hydrogens (tertiary/aromatic N) is 7. The topological polar surface area (TPSA) is 63.5 Å². The van der Waals surface area contributed by atoms with Crippen LogP contribution in [-0.2, 0) is 25.5 Å². The smallest absolute Gasteiger partial charge is 0.136 e. The molecule has 1 radical (unpaired) electrons. The number of nitriles is 1. The molecule has 1 N–H and O–H groups in total. The predicted octanol–water partition coefficient (Wildman–Crippen LogP) is 7.94. The largest absolute Gasteiger partial charge is 0.510 e. The number of hydrogen-bond donors (Lipinski definition) is 1. The molecule has 3 aliphatic rings. The van der Waals surface area contributed by atoms with Crippen LogP contribution >= 0.6 is 0 Å². The average molecular weight is 799 g/mol. The number of anilines is 6. The SMILES string of the molecule is CC(C)(C)c1ccc(O)c(N2[CH-]N(c3[c-]cccc3)c3ccccc32)c1.CN1C=CN(c2[c-]c(N3C=CN(C)[CH-]3)cc(C#N)c2)[CH-]1.[Ir]. The fourth-order valence-corrected chi connectivity index (χ4v) is 5.28. The van der Waals surface area contributed by atoms with E-state index in [1.54, 1.807) is 6.07 Å². The molecule has 0 spiro atoms. The number of phenolic OH excluding ortho intramolecular Hbond substituents is 1. The van der Waals surface area contributed by atoms with Gasteiger partial charge in [0.05, 0.1) is 11.8 Å². The summed E-state index contributed by atoms with van der Waals surface area (Å²) in [4.78, 5) is 11.9. The van der Waals surface area contributed by atoms with Crippen molar-refractivity contribution in [1.29, 1.82) is 5.26 Å². The predicted molar refractivity (Wildman–Crippen MR) is 184 cm³/mol. The van der Waals surface area contributed by atoms with E-state index in [0.29, 0.717) is 5.56 Å². The molecule has 0 bridgehead atoms. The number of para-hydroxylation sites is 3. The van der Waals surface area contributed by atoms with Crippen LogP contribution in [0, 0.1) is 43.5 Å². The number of benzene rings is 4. The summed E-state index contributed by atoms with van der Waals surface area (Å²) in [6.07, 6.45) is 7.77. The molecule has 0 unspecified atom stereocenters. The van der Waals surface area contributed by atoms with Crippen molar-refractivity contribution in [3.8, 4) is 11.8 Å². The summed E-state index contributed by atoms with van der Waals surface area (Å²) in [6, 6.07) is 34.4. The molecule has 4 aromatic carbocycles. The van der Waals surface area contributed by atoms with Gasteiger partial charge in [-0.1, -0.05) is 44.5 Å². The molecule has 0 saturated heterocycles. The van der Waals surface area contributed by atoms with E-state index in [9.17, 15) is 10.4 Å². The molecule has 3 heterocycles. The Bertz CT molecular complexity index is 1770. The molecule has 7 rings (SSSR count). The van der Waals surface area contributed by atoms with Gasteiger partial charge in [0.15, 0.2) is 0 Å². The zero-order valence-electron chi connectivity index (χ0n) is 27.0. The Kier molecular flexibility index (Phi) is 9.85. The Morgan fingerprint density at radius 3 is 1.81 bits per heavy atom. The first-order valence-corrected chi connectivity index (χ1v) is 15.0. The van der Waals surface area contributed by atoms with Crippen LogP contribution in [0.1, 0.15) is 31.9 Å². The van der Waals surface area contributed by atoms with Crippen molar-refractivity contribution in [2.45, 2.75) is 26.2 Å². The fraction of sp³-hybridized carbons (Fsp3) is 0.158. The Hall–Kier alpha value is -4.90. The van der Waals surface area contributed by atoms with Gasteiger partial charge in [-0.25, -0.2) is 0 Å². The third-order valence-corrected chi connectivity index (χ3v) is 7.75. The van der Waals surface area contributed by atoms with Gasteiger partial charge in [-0.15, -0.1) is 41.9 Å². The Balaban J connectivity index is 0.000000187. The number of fused-ring (bicyclic) bond motifs is 1. The second kappa shape index (κ2) is 13.8. The second-order valence-corrected chi connectivity index (χ2v) is 12.3. The Morgan fingerprint density at radius 1 is 0.702 bits per heavy atom. The van der Waals surface area contributed by atoms with Gasteiger partial charge >= 0.3 is 0 Å². The van der Waals surface area contributed by atoms with E-state index in [-0.39, 0.29) is 31.3 Å². The molecule has 0 aliphatic carbocycles. The van der Waals surface area contributed by atoms with Crippen LogP contribution < -0.4 is 19.6 Å². The summed E-state index contributed by atoms with van der Waals surface area (Å²) < 4.78 is 0. The summed E-state index contributed by atoms with van der Waals surface area (Å²) in [5, 5.41) is 19.8. The molecule has 0 fully saturated rings. The van der Waals surface area contributed by atoms with E-state index < -0.39 is 0 Å². The van der Waals surface area contributed by atoms with Crippen molar-refractivity contribution in [2.24, 2.45) is 0 Å². The molecule has 0 amide bonds. The van der Waals surface area contributed by atoms with Crippen LogP contribution in [0.2, 0.25) is 0 Å². The summed E-state index contributed by atoms with van der Waals surface area (Å²) in [5.41, 5.74) is 7.34. The molecular weight excluding hydrogens is 763 g/mol. The van der Waals surface area contributed by atoms with E-state index in [1.807, 2.05) is 138 Å². The Morgan fingerprint density at radius 2 is 1.30 bits per heavy atom.